The first-order valence-electron chi connectivity index (χ1n) is 5.86. The SMILES string of the molecule is CS(=O)(=O)c1ccc(Sc2ccc(F)cc2CN)cc1. The van der Waals surface area contributed by atoms with E-state index in [2.05, 4.69) is 0 Å². The third-order valence-electron chi connectivity index (χ3n) is 2.72. The van der Waals surface area contributed by atoms with Crippen LogP contribution in [-0.4, -0.2) is 14.7 Å². The second-order valence-corrected chi connectivity index (χ2v) is 7.43. The van der Waals surface area contributed by atoms with Crippen LogP contribution in [0.3, 0.4) is 0 Å². The summed E-state index contributed by atoms with van der Waals surface area (Å²) in [5.74, 6) is -0.317. The molecule has 2 aromatic carbocycles. The lowest BCUT2D eigenvalue weighted by atomic mass is 10.2. The molecule has 0 fully saturated rings. The number of sulfone groups is 1. The molecule has 0 saturated carbocycles. The first kappa shape index (κ1) is 15.0. The molecule has 0 aromatic heterocycles. The van der Waals surface area contributed by atoms with E-state index in [0.717, 1.165) is 15.4 Å². The Hall–Kier alpha value is -1.37. The molecule has 0 unspecified atom stereocenters. The zero-order valence-corrected chi connectivity index (χ0v) is 12.5. The smallest absolute Gasteiger partial charge is 0.175 e. The highest BCUT2D eigenvalue weighted by Gasteiger charge is 2.08. The Kier molecular flexibility index (Phi) is 4.47. The highest BCUT2D eigenvalue weighted by atomic mass is 32.2. The standard InChI is InChI=1S/C14H14FNO2S2/c1-20(17,18)13-5-3-12(4-6-13)19-14-7-2-11(15)8-10(14)9-16/h2-8H,9,16H2,1H3. The minimum Gasteiger partial charge on any atom is -0.326 e. The van der Waals surface area contributed by atoms with E-state index in [1.54, 1.807) is 30.3 Å². The molecule has 0 aliphatic heterocycles. The topological polar surface area (TPSA) is 60.2 Å². The van der Waals surface area contributed by atoms with E-state index < -0.39 is 9.84 Å². The molecule has 2 N–H and O–H groups in total. The van der Waals surface area contributed by atoms with Crippen molar-refractivity contribution in [2.75, 3.05) is 6.26 Å². The van der Waals surface area contributed by atoms with E-state index in [1.165, 1.54) is 30.2 Å². The summed E-state index contributed by atoms with van der Waals surface area (Å²) in [7, 11) is -3.19. The van der Waals surface area contributed by atoms with Crippen LogP contribution in [0.2, 0.25) is 0 Å². The summed E-state index contributed by atoms with van der Waals surface area (Å²) in [4.78, 5) is 2.01. The molecule has 0 saturated heterocycles. The summed E-state index contributed by atoms with van der Waals surface area (Å²) in [6, 6.07) is 11.0. The molecule has 0 heterocycles. The van der Waals surface area contributed by atoms with Crippen molar-refractivity contribution in [3.63, 3.8) is 0 Å². The van der Waals surface area contributed by atoms with E-state index in [0.29, 0.717) is 0 Å². The minimum atomic E-state index is -3.19. The van der Waals surface area contributed by atoms with Gasteiger partial charge < -0.3 is 5.73 Å². The molecule has 0 aliphatic rings. The third-order valence-corrected chi connectivity index (χ3v) is 4.98. The van der Waals surface area contributed by atoms with Crippen LogP contribution in [0.5, 0.6) is 0 Å². The minimum absolute atomic E-state index is 0.252. The number of benzene rings is 2. The van der Waals surface area contributed by atoms with Crippen molar-refractivity contribution in [2.45, 2.75) is 21.2 Å². The van der Waals surface area contributed by atoms with Gasteiger partial charge in [0.1, 0.15) is 5.82 Å². The van der Waals surface area contributed by atoms with E-state index in [4.69, 9.17) is 5.73 Å². The zero-order chi connectivity index (χ0) is 14.8. The molecule has 0 atom stereocenters. The monoisotopic (exact) mass is 311 g/mol. The number of nitrogens with two attached hydrogens (primary N) is 1. The van der Waals surface area contributed by atoms with Gasteiger partial charge in [-0.1, -0.05) is 11.8 Å². The lowest BCUT2D eigenvalue weighted by Crippen LogP contribution is -1.99. The second kappa shape index (κ2) is 5.95. The van der Waals surface area contributed by atoms with Crippen LogP contribution in [0, 0.1) is 5.82 Å². The fourth-order valence-corrected chi connectivity index (χ4v) is 3.25. The van der Waals surface area contributed by atoms with Crippen LogP contribution in [0.4, 0.5) is 4.39 Å². The Labute approximate surface area is 121 Å². The Balaban J connectivity index is 2.27. The molecule has 2 rings (SSSR count). The normalized spacial score (nSPS) is 11.6. The van der Waals surface area contributed by atoms with Crippen LogP contribution in [-0.2, 0) is 16.4 Å². The quantitative estimate of drug-likeness (QED) is 0.943. The molecular formula is C14H14FNO2S2. The number of hydrogen-bond acceptors (Lipinski definition) is 4. The van der Waals surface area contributed by atoms with Gasteiger partial charge in [-0.15, -0.1) is 0 Å². The summed E-state index contributed by atoms with van der Waals surface area (Å²) in [6.45, 7) is 0.252. The average molecular weight is 311 g/mol. The Morgan fingerprint density at radius 2 is 1.80 bits per heavy atom. The average Bonchev–Trinajstić information content (AvgIpc) is 2.40. The molecular weight excluding hydrogens is 297 g/mol. The van der Waals surface area contributed by atoms with Crippen LogP contribution in [0.1, 0.15) is 5.56 Å². The van der Waals surface area contributed by atoms with Gasteiger partial charge in [0.25, 0.3) is 0 Å². The molecule has 0 amide bonds. The van der Waals surface area contributed by atoms with Gasteiger partial charge in [0.05, 0.1) is 4.90 Å². The van der Waals surface area contributed by atoms with Crippen LogP contribution in [0.15, 0.2) is 57.2 Å². The van der Waals surface area contributed by atoms with Gasteiger partial charge in [0.2, 0.25) is 0 Å². The van der Waals surface area contributed by atoms with Gasteiger partial charge in [0.15, 0.2) is 9.84 Å². The fraction of sp³-hybridized carbons (Fsp3) is 0.143. The van der Waals surface area contributed by atoms with Crippen molar-refractivity contribution < 1.29 is 12.8 Å². The van der Waals surface area contributed by atoms with Crippen molar-refractivity contribution in [1.82, 2.24) is 0 Å². The van der Waals surface area contributed by atoms with Gasteiger partial charge in [-0.25, -0.2) is 12.8 Å². The highest BCUT2D eigenvalue weighted by Crippen LogP contribution is 2.31. The number of rotatable bonds is 4. The van der Waals surface area contributed by atoms with Crippen molar-refractivity contribution in [2.24, 2.45) is 5.73 Å². The lowest BCUT2D eigenvalue weighted by molar-refractivity contribution is 0.602. The number of hydrogen-bond donors (Lipinski definition) is 1. The Morgan fingerprint density at radius 3 is 2.35 bits per heavy atom. The molecule has 3 nitrogen and oxygen atoms in total. The van der Waals surface area contributed by atoms with Crippen molar-refractivity contribution >= 4 is 21.6 Å². The van der Waals surface area contributed by atoms with Crippen molar-refractivity contribution in [3.8, 4) is 0 Å². The van der Waals surface area contributed by atoms with E-state index in [-0.39, 0.29) is 17.3 Å². The molecule has 2 aromatic rings. The summed E-state index contributed by atoms with van der Waals surface area (Å²) >= 11 is 1.43. The van der Waals surface area contributed by atoms with Crippen LogP contribution < -0.4 is 5.73 Å². The maximum atomic E-state index is 13.1. The van der Waals surface area contributed by atoms with Gasteiger partial charge in [-0.2, -0.15) is 0 Å². The van der Waals surface area contributed by atoms with E-state index >= 15 is 0 Å². The molecule has 0 aliphatic carbocycles. The third kappa shape index (κ3) is 3.59. The van der Waals surface area contributed by atoms with Gasteiger partial charge in [0, 0.05) is 22.6 Å². The first-order chi connectivity index (χ1) is 9.40. The highest BCUT2D eigenvalue weighted by molar-refractivity contribution is 7.99. The summed E-state index contributed by atoms with van der Waals surface area (Å²) in [6.07, 6.45) is 1.17. The maximum Gasteiger partial charge on any atom is 0.175 e. The summed E-state index contributed by atoms with van der Waals surface area (Å²) in [5, 5.41) is 0. The Bertz CT molecular complexity index is 712. The predicted octanol–water partition coefficient (Wildman–Crippen LogP) is 2.84. The first-order valence-corrected chi connectivity index (χ1v) is 8.57. The predicted molar refractivity (Wildman–Crippen MR) is 78.0 cm³/mol. The molecule has 20 heavy (non-hydrogen) atoms. The molecule has 0 radical (unpaired) electrons. The summed E-state index contributed by atoms with van der Waals surface area (Å²) in [5.41, 5.74) is 6.32. The Morgan fingerprint density at radius 1 is 1.15 bits per heavy atom. The number of halogens is 1. The molecule has 106 valence electrons. The maximum absolute atomic E-state index is 13.1. The van der Waals surface area contributed by atoms with Gasteiger partial charge in [-0.3, -0.25) is 0 Å². The van der Waals surface area contributed by atoms with E-state index in [1.807, 2.05) is 0 Å². The van der Waals surface area contributed by atoms with E-state index in [9.17, 15) is 12.8 Å². The summed E-state index contributed by atoms with van der Waals surface area (Å²) < 4.78 is 35.9. The van der Waals surface area contributed by atoms with Gasteiger partial charge >= 0.3 is 0 Å². The van der Waals surface area contributed by atoms with Crippen LogP contribution >= 0.6 is 11.8 Å². The van der Waals surface area contributed by atoms with Crippen LogP contribution in [0.25, 0.3) is 0 Å². The largest absolute Gasteiger partial charge is 0.326 e. The second-order valence-electron chi connectivity index (χ2n) is 4.30. The lowest BCUT2D eigenvalue weighted by Gasteiger charge is -2.08. The molecule has 6 heteroatoms. The molecule has 0 bridgehead atoms. The van der Waals surface area contributed by atoms with Crippen molar-refractivity contribution in [1.29, 1.82) is 0 Å². The van der Waals surface area contributed by atoms with Crippen molar-refractivity contribution in [3.05, 3.63) is 53.8 Å². The zero-order valence-electron chi connectivity index (χ0n) is 10.8. The fourth-order valence-electron chi connectivity index (χ4n) is 1.69. The molecule has 0 spiro atoms. The van der Waals surface area contributed by atoms with Gasteiger partial charge in [-0.05, 0) is 48.0 Å².